The number of amides is 2. The predicted molar refractivity (Wildman–Crippen MR) is 130 cm³/mol. The van der Waals surface area contributed by atoms with E-state index in [-0.39, 0.29) is 32.6 Å². The molecule has 0 fully saturated rings. The summed E-state index contributed by atoms with van der Waals surface area (Å²) in [5.41, 5.74) is -1.33. The SMILES string of the molecule is CC(=O)N(C)N(C(=O)OC(C)(C)C)c1cccc(C2=CC(c3cc(Cl)cc(Cl)c3)(C(F)(F)F)ON2)c1. The summed E-state index contributed by atoms with van der Waals surface area (Å²) < 4.78 is 48.3. The second-order valence-electron chi connectivity index (χ2n) is 9.04. The van der Waals surface area contributed by atoms with Gasteiger partial charge in [-0.3, -0.25) is 15.1 Å². The minimum absolute atomic E-state index is 0.00819. The van der Waals surface area contributed by atoms with Crippen LogP contribution in [0.5, 0.6) is 0 Å². The number of carbonyl (C=O) groups is 2. The van der Waals surface area contributed by atoms with Crippen LogP contribution in [0, 0.1) is 0 Å². The standard InChI is InChI=1S/C24H24Cl2F3N3O4/c1-14(33)31(5)32(21(34)35-22(2,3)4)19-8-6-7-15(9-19)20-13-23(36-30-20,24(27,28)29)16-10-17(25)12-18(26)11-16/h6-13,30H,1-5H3. The number of alkyl halides is 3. The van der Waals surface area contributed by atoms with Crippen LogP contribution in [-0.2, 0) is 20.0 Å². The third-order valence-electron chi connectivity index (χ3n) is 5.11. The highest BCUT2D eigenvalue weighted by molar-refractivity contribution is 6.34. The monoisotopic (exact) mass is 545 g/mol. The van der Waals surface area contributed by atoms with Crippen molar-refractivity contribution in [3.63, 3.8) is 0 Å². The normalized spacial score (nSPS) is 17.8. The first-order valence-electron chi connectivity index (χ1n) is 10.6. The third kappa shape index (κ3) is 5.71. The number of nitrogens with zero attached hydrogens (tertiary/aromatic N) is 2. The zero-order chi connectivity index (χ0) is 27.1. The number of hydrogen-bond donors (Lipinski definition) is 1. The molecule has 12 heteroatoms. The molecule has 194 valence electrons. The van der Waals surface area contributed by atoms with Crippen molar-refractivity contribution in [3.05, 3.63) is 69.7 Å². The molecule has 1 unspecified atom stereocenters. The van der Waals surface area contributed by atoms with Crippen LogP contribution in [0.25, 0.3) is 5.70 Å². The van der Waals surface area contributed by atoms with E-state index in [2.05, 4.69) is 5.48 Å². The first-order chi connectivity index (χ1) is 16.5. The lowest BCUT2D eigenvalue weighted by atomic mass is 9.91. The van der Waals surface area contributed by atoms with Crippen LogP contribution in [0.15, 0.2) is 48.5 Å². The summed E-state index contributed by atoms with van der Waals surface area (Å²) in [5, 5.41) is 2.04. The van der Waals surface area contributed by atoms with Gasteiger partial charge < -0.3 is 4.74 Å². The zero-order valence-corrected chi connectivity index (χ0v) is 21.5. The molecule has 2 amide bonds. The second-order valence-corrected chi connectivity index (χ2v) is 9.91. The van der Waals surface area contributed by atoms with Crippen molar-refractivity contribution in [1.82, 2.24) is 10.5 Å². The van der Waals surface area contributed by atoms with E-state index in [1.165, 1.54) is 44.3 Å². The fourth-order valence-corrected chi connectivity index (χ4v) is 3.93. The van der Waals surface area contributed by atoms with Crippen molar-refractivity contribution >= 4 is 46.6 Å². The van der Waals surface area contributed by atoms with Gasteiger partial charge in [0.1, 0.15) is 5.60 Å². The summed E-state index contributed by atoms with van der Waals surface area (Å²) in [6.45, 7) is 6.24. The Bertz CT molecular complexity index is 1190. The maximum Gasteiger partial charge on any atom is 0.434 e. The summed E-state index contributed by atoms with van der Waals surface area (Å²) in [7, 11) is 1.37. The molecule has 1 aliphatic heterocycles. The number of hydrogen-bond acceptors (Lipinski definition) is 5. The molecule has 3 rings (SSSR count). The maximum atomic E-state index is 14.3. The van der Waals surface area contributed by atoms with Gasteiger partial charge in [-0.2, -0.15) is 18.2 Å². The minimum Gasteiger partial charge on any atom is -0.442 e. The average Bonchev–Trinajstić information content (AvgIpc) is 3.19. The molecule has 7 nitrogen and oxygen atoms in total. The van der Waals surface area contributed by atoms with Gasteiger partial charge >= 0.3 is 12.3 Å². The first kappa shape index (κ1) is 27.6. The first-order valence-corrected chi connectivity index (χ1v) is 11.4. The lowest BCUT2D eigenvalue weighted by Crippen LogP contribution is -2.49. The molecule has 1 N–H and O–H groups in total. The number of anilines is 1. The maximum absolute atomic E-state index is 14.3. The van der Waals surface area contributed by atoms with E-state index in [4.69, 9.17) is 32.8 Å². The van der Waals surface area contributed by atoms with Crippen LogP contribution in [0.1, 0.15) is 38.8 Å². The molecule has 2 aromatic rings. The summed E-state index contributed by atoms with van der Waals surface area (Å²) in [6.07, 6.45) is -4.87. The highest BCUT2D eigenvalue weighted by Crippen LogP contribution is 2.48. The number of benzene rings is 2. The minimum atomic E-state index is -4.88. The van der Waals surface area contributed by atoms with Crippen molar-refractivity contribution in [3.8, 4) is 0 Å². The Kier molecular flexibility index (Phi) is 7.55. The van der Waals surface area contributed by atoms with Crippen LogP contribution >= 0.6 is 23.2 Å². The van der Waals surface area contributed by atoms with Crippen LogP contribution < -0.4 is 10.5 Å². The van der Waals surface area contributed by atoms with E-state index in [0.29, 0.717) is 0 Å². The summed E-state index contributed by atoms with van der Waals surface area (Å²) in [6, 6.07) is 9.51. The van der Waals surface area contributed by atoms with Crippen molar-refractivity contribution in [2.24, 2.45) is 0 Å². The Balaban J connectivity index is 2.09. The van der Waals surface area contributed by atoms with E-state index in [0.717, 1.165) is 28.2 Å². The highest BCUT2D eigenvalue weighted by atomic mass is 35.5. The van der Waals surface area contributed by atoms with Gasteiger partial charge in [-0.25, -0.2) is 9.80 Å². The van der Waals surface area contributed by atoms with Crippen molar-refractivity contribution in [2.75, 3.05) is 12.1 Å². The Hall–Kier alpha value is -2.95. The van der Waals surface area contributed by atoms with Gasteiger partial charge in [-0.05, 0) is 57.2 Å². The number of rotatable bonds is 3. The Labute approximate surface area is 216 Å². The topological polar surface area (TPSA) is 71.1 Å². The molecule has 0 radical (unpaired) electrons. The van der Waals surface area contributed by atoms with Crippen LogP contribution in [0.2, 0.25) is 10.0 Å². The van der Waals surface area contributed by atoms with Crippen molar-refractivity contribution in [1.29, 1.82) is 0 Å². The lowest BCUT2D eigenvalue weighted by Gasteiger charge is -2.33. The molecular formula is C24H24Cl2F3N3O4. The summed E-state index contributed by atoms with van der Waals surface area (Å²) in [4.78, 5) is 30.1. The largest absolute Gasteiger partial charge is 0.442 e. The lowest BCUT2D eigenvalue weighted by molar-refractivity contribution is -0.269. The molecular weight excluding hydrogens is 522 g/mol. The number of nitrogens with one attached hydrogen (secondary N) is 1. The van der Waals surface area contributed by atoms with Crippen LogP contribution in [-0.4, -0.2) is 35.8 Å². The predicted octanol–water partition coefficient (Wildman–Crippen LogP) is 6.46. The van der Waals surface area contributed by atoms with Crippen molar-refractivity contribution < 1.29 is 32.3 Å². The van der Waals surface area contributed by atoms with Gasteiger partial charge in [0.25, 0.3) is 0 Å². The second kappa shape index (κ2) is 9.84. The Morgan fingerprint density at radius 3 is 2.19 bits per heavy atom. The molecule has 0 bridgehead atoms. The molecule has 1 heterocycles. The third-order valence-corrected chi connectivity index (χ3v) is 5.54. The summed E-state index contributed by atoms with van der Waals surface area (Å²) >= 11 is 11.9. The molecule has 36 heavy (non-hydrogen) atoms. The smallest absolute Gasteiger partial charge is 0.434 e. The molecule has 0 spiro atoms. The van der Waals surface area contributed by atoms with Gasteiger partial charge in [0.15, 0.2) is 0 Å². The molecule has 0 aromatic heterocycles. The summed E-state index contributed by atoms with van der Waals surface area (Å²) in [5.74, 6) is -0.471. The number of hydrazine groups is 1. The molecule has 1 atom stereocenters. The number of hydroxylamine groups is 1. The van der Waals surface area contributed by atoms with Gasteiger partial charge in [0.2, 0.25) is 11.5 Å². The van der Waals surface area contributed by atoms with E-state index in [9.17, 15) is 22.8 Å². The fraction of sp³-hybridized carbons (Fsp3) is 0.333. The van der Waals surface area contributed by atoms with Gasteiger partial charge in [0, 0.05) is 35.1 Å². The molecule has 2 aromatic carbocycles. The van der Waals surface area contributed by atoms with Gasteiger partial charge in [0.05, 0.1) is 11.4 Å². The van der Waals surface area contributed by atoms with E-state index in [1.54, 1.807) is 20.8 Å². The van der Waals surface area contributed by atoms with Gasteiger partial charge in [-0.1, -0.05) is 35.3 Å². The molecule has 0 saturated carbocycles. The Morgan fingerprint density at radius 1 is 1.06 bits per heavy atom. The Morgan fingerprint density at radius 2 is 1.67 bits per heavy atom. The van der Waals surface area contributed by atoms with E-state index in [1.807, 2.05) is 0 Å². The number of carbonyl (C=O) groups excluding carboxylic acids is 2. The number of ether oxygens (including phenoxy) is 1. The van der Waals surface area contributed by atoms with Crippen molar-refractivity contribution in [2.45, 2.75) is 45.1 Å². The highest BCUT2D eigenvalue weighted by Gasteiger charge is 2.59. The van der Waals surface area contributed by atoms with E-state index < -0.39 is 29.4 Å². The van der Waals surface area contributed by atoms with Crippen LogP contribution in [0.3, 0.4) is 0 Å². The zero-order valence-electron chi connectivity index (χ0n) is 20.0. The van der Waals surface area contributed by atoms with Crippen LogP contribution in [0.4, 0.5) is 23.7 Å². The quantitative estimate of drug-likeness (QED) is 0.448. The van der Waals surface area contributed by atoms with Gasteiger partial charge in [-0.15, -0.1) is 0 Å². The molecule has 0 aliphatic carbocycles. The molecule has 0 saturated heterocycles. The molecule has 1 aliphatic rings. The van der Waals surface area contributed by atoms with E-state index >= 15 is 0 Å². The fourth-order valence-electron chi connectivity index (χ4n) is 3.41. The average molecular weight is 546 g/mol. The number of halogens is 5.